The zero-order chi connectivity index (χ0) is 18.7. The van der Waals surface area contributed by atoms with E-state index in [2.05, 4.69) is 50.2 Å². The lowest BCUT2D eigenvalue weighted by atomic mass is 9.77. The number of nitrogens with zero attached hydrogens (tertiary/aromatic N) is 1. The zero-order valence-electron chi connectivity index (χ0n) is 15.3. The molecular formula is C23H23NO2. The topological polar surface area (TPSA) is 49.7 Å². The molecule has 1 unspecified atom stereocenters. The first-order valence-electron chi connectivity index (χ1n) is 8.75. The number of phenols is 1. The van der Waals surface area contributed by atoms with E-state index in [4.69, 9.17) is 0 Å². The lowest BCUT2D eigenvalue weighted by Gasteiger charge is -2.27. The predicted octanol–water partition coefficient (Wildman–Crippen LogP) is 6.27. The minimum atomic E-state index is -0.188. The van der Waals surface area contributed by atoms with Crippen LogP contribution in [0, 0.1) is 4.91 Å². The molecule has 0 heterocycles. The highest BCUT2D eigenvalue weighted by atomic mass is 16.3. The number of aromatic hydroxyl groups is 1. The van der Waals surface area contributed by atoms with Gasteiger partial charge in [-0.3, -0.25) is 0 Å². The smallest absolute Gasteiger partial charge is 0.115 e. The SMILES string of the molecule is CC(c1ccc(O)cc1)c1cccc(C(C)(C)c2ccc(N=O)cc2)c1. The second-order valence-corrected chi connectivity index (χ2v) is 7.20. The molecule has 26 heavy (non-hydrogen) atoms. The quantitative estimate of drug-likeness (QED) is 0.554. The summed E-state index contributed by atoms with van der Waals surface area (Å²) < 4.78 is 0. The summed E-state index contributed by atoms with van der Waals surface area (Å²) in [7, 11) is 0. The van der Waals surface area contributed by atoms with E-state index in [0.29, 0.717) is 5.69 Å². The molecule has 3 rings (SSSR count). The van der Waals surface area contributed by atoms with E-state index in [1.165, 1.54) is 16.7 Å². The maximum absolute atomic E-state index is 10.6. The van der Waals surface area contributed by atoms with Gasteiger partial charge in [-0.2, -0.15) is 0 Å². The van der Waals surface area contributed by atoms with E-state index in [-0.39, 0.29) is 17.1 Å². The molecule has 3 nitrogen and oxygen atoms in total. The minimum absolute atomic E-state index is 0.188. The van der Waals surface area contributed by atoms with Crippen molar-refractivity contribution < 1.29 is 5.11 Å². The molecule has 0 aromatic heterocycles. The van der Waals surface area contributed by atoms with E-state index in [1.54, 1.807) is 24.3 Å². The fourth-order valence-electron chi connectivity index (χ4n) is 3.26. The number of nitroso groups, excluding NO2 is 1. The Morgan fingerprint density at radius 3 is 2.12 bits per heavy atom. The van der Waals surface area contributed by atoms with Crippen LogP contribution in [0.15, 0.2) is 78.0 Å². The summed E-state index contributed by atoms with van der Waals surface area (Å²) >= 11 is 0. The number of hydrogen-bond acceptors (Lipinski definition) is 3. The van der Waals surface area contributed by atoms with Crippen molar-refractivity contribution in [3.8, 4) is 5.75 Å². The molecule has 0 aliphatic heterocycles. The van der Waals surface area contributed by atoms with Gasteiger partial charge in [0.1, 0.15) is 11.4 Å². The Kier molecular flexibility index (Phi) is 4.90. The molecule has 1 N–H and O–H groups in total. The van der Waals surface area contributed by atoms with E-state index in [9.17, 15) is 10.0 Å². The van der Waals surface area contributed by atoms with Gasteiger partial charge < -0.3 is 5.11 Å². The zero-order valence-corrected chi connectivity index (χ0v) is 15.3. The highest BCUT2D eigenvalue weighted by molar-refractivity contribution is 5.46. The lowest BCUT2D eigenvalue weighted by Crippen LogP contribution is -2.19. The third kappa shape index (κ3) is 3.52. The molecule has 0 aliphatic rings. The van der Waals surface area contributed by atoms with Gasteiger partial charge in [-0.1, -0.05) is 69.3 Å². The first kappa shape index (κ1) is 17.9. The Hall–Kier alpha value is -2.94. The fourth-order valence-corrected chi connectivity index (χ4v) is 3.26. The van der Waals surface area contributed by atoms with Crippen LogP contribution in [0.5, 0.6) is 5.75 Å². The van der Waals surface area contributed by atoms with Crippen LogP contribution in [0.25, 0.3) is 0 Å². The Bertz CT molecular complexity index is 896. The Morgan fingerprint density at radius 2 is 1.50 bits per heavy atom. The van der Waals surface area contributed by atoms with Gasteiger partial charge in [0.15, 0.2) is 0 Å². The second-order valence-electron chi connectivity index (χ2n) is 7.20. The number of benzene rings is 3. The molecule has 0 aliphatic carbocycles. The van der Waals surface area contributed by atoms with Crippen molar-refractivity contribution in [3.63, 3.8) is 0 Å². The van der Waals surface area contributed by atoms with Gasteiger partial charge in [0.2, 0.25) is 0 Å². The van der Waals surface area contributed by atoms with Gasteiger partial charge in [-0.05, 0) is 51.7 Å². The molecule has 3 heteroatoms. The monoisotopic (exact) mass is 345 g/mol. The minimum Gasteiger partial charge on any atom is -0.508 e. The molecule has 3 aromatic rings. The highest BCUT2D eigenvalue weighted by Crippen LogP contribution is 2.35. The van der Waals surface area contributed by atoms with Crippen molar-refractivity contribution in [2.24, 2.45) is 5.18 Å². The molecule has 0 bridgehead atoms. The van der Waals surface area contributed by atoms with Gasteiger partial charge in [0.05, 0.1) is 0 Å². The van der Waals surface area contributed by atoms with Crippen LogP contribution in [0.4, 0.5) is 5.69 Å². The third-order valence-electron chi connectivity index (χ3n) is 5.20. The molecule has 0 radical (unpaired) electrons. The van der Waals surface area contributed by atoms with E-state index in [0.717, 1.165) is 5.56 Å². The molecule has 1 atom stereocenters. The van der Waals surface area contributed by atoms with Crippen LogP contribution < -0.4 is 0 Å². The molecule has 0 saturated carbocycles. The van der Waals surface area contributed by atoms with Crippen LogP contribution in [0.1, 0.15) is 48.9 Å². The van der Waals surface area contributed by atoms with Gasteiger partial charge in [0, 0.05) is 11.3 Å². The largest absolute Gasteiger partial charge is 0.508 e. The summed E-state index contributed by atoms with van der Waals surface area (Å²) in [6, 6.07) is 23.4. The predicted molar refractivity (Wildman–Crippen MR) is 106 cm³/mol. The molecule has 3 aromatic carbocycles. The van der Waals surface area contributed by atoms with Crippen LogP contribution in [0.3, 0.4) is 0 Å². The van der Waals surface area contributed by atoms with Gasteiger partial charge >= 0.3 is 0 Å². The Morgan fingerprint density at radius 1 is 0.846 bits per heavy atom. The van der Waals surface area contributed by atoms with E-state index in [1.807, 2.05) is 24.3 Å². The summed E-state index contributed by atoms with van der Waals surface area (Å²) in [6.45, 7) is 6.53. The summed E-state index contributed by atoms with van der Waals surface area (Å²) in [5.74, 6) is 0.511. The van der Waals surface area contributed by atoms with Crippen molar-refractivity contribution in [1.82, 2.24) is 0 Å². The van der Waals surface area contributed by atoms with Gasteiger partial charge in [-0.15, -0.1) is 4.91 Å². The first-order valence-corrected chi connectivity index (χ1v) is 8.75. The maximum Gasteiger partial charge on any atom is 0.115 e. The summed E-state index contributed by atoms with van der Waals surface area (Å²) in [6.07, 6.45) is 0. The van der Waals surface area contributed by atoms with Crippen LogP contribution in [0.2, 0.25) is 0 Å². The molecule has 0 fully saturated rings. The Balaban J connectivity index is 1.94. The fraction of sp³-hybridized carbons (Fsp3) is 0.217. The van der Waals surface area contributed by atoms with E-state index >= 15 is 0 Å². The summed E-state index contributed by atoms with van der Waals surface area (Å²) in [5.41, 5.74) is 5.00. The summed E-state index contributed by atoms with van der Waals surface area (Å²) in [5, 5.41) is 12.5. The molecule has 132 valence electrons. The van der Waals surface area contributed by atoms with Crippen molar-refractivity contribution in [2.45, 2.75) is 32.1 Å². The van der Waals surface area contributed by atoms with Crippen molar-refractivity contribution >= 4 is 5.69 Å². The average Bonchev–Trinajstić information content (AvgIpc) is 2.68. The van der Waals surface area contributed by atoms with Crippen molar-refractivity contribution in [2.75, 3.05) is 0 Å². The van der Waals surface area contributed by atoms with Crippen LogP contribution >= 0.6 is 0 Å². The standard InChI is InChI=1S/C23H23NO2/c1-16(17-7-13-22(25)14-8-17)18-5-4-6-20(15-18)23(2,3)19-9-11-21(24-26)12-10-19/h4-16,25H,1-3H3. The lowest BCUT2D eigenvalue weighted by molar-refractivity contribution is 0.475. The van der Waals surface area contributed by atoms with Crippen molar-refractivity contribution in [1.29, 1.82) is 0 Å². The second kappa shape index (κ2) is 7.12. The average molecular weight is 345 g/mol. The molecular weight excluding hydrogens is 322 g/mol. The van der Waals surface area contributed by atoms with Gasteiger partial charge in [-0.25, -0.2) is 0 Å². The van der Waals surface area contributed by atoms with Crippen LogP contribution in [-0.4, -0.2) is 5.11 Å². The normalized spacial score (nSPS) is 12.6. The number of hydrogen-bond donors (Lipinski definition) is 1. The number of phenolic OH excluding ortho intramolecular Hbond substituents is 1. The van der Waals surface area contributed by atoms with E-state index < -0.39 is 0 Å². The highest BCUT2D eigenvalue weighted by Gasteiger charge is 2.24. The maximum atomic E-state index is 10.6. The van der Waals surface area contributed by atoms with Crippen molar-refractivity contribution in [3.05, 3.63) is 100.0 Å². The summed E-state index contributed by atoms with van der Waals surface area (Å²) in [4.78, 5) is 10.6. The Labute approximate surface area is 154 Å². The molecule has 0 amide bonds. The molecule has 0 saturated heterocycles. The number of rotatable bonds is 5. The molecule has 0 spiro atoms. The van der Waals surface area contributed by atoms with Crippen LogP contribution in [-0.2, 0) is 5.41 Å². The third-order valence-corrected chi connectivity index (χ3v) is 5.20. The van der Waals surface area contributed by atoms with Gasteiger partial charge in [0.25, 0.3) is 0 Å². The first-order chi connectivity index (χ1) is 12.4.